The molecule has 2 aromatic heterocycles. The molecule has 0 saturated carbocycles. The highest BCUT2D eigenvalue weighted by Gasteiger charge is 2.40. The summed E-state index contributed by atoms with van der Waals surface area (Å²) in [5, 5.41) is 7.70. The average molecular weight is 368 g/mol. The summed E-state index contributed by atoms with van der Waals surface area (Å²) in [5.41, 5.74) is 0.575. The summed E-state index contributed by atoms with van der Waals surface area (Å²) in [6.07, 6.45) is -4.92. The lowest BCUT2D eigenvalue weighted by Crippen LogP contribution is -2.21. The lowest BCUT2D eigenvalue weighted by molar-refractivity contribution is -0.0882. The van der Waals surface area contributed by atoms with E-state index in [1.54, 1.807) is 18.2 Å². The quantitative estimate of drug-likeness (QED) is 0.652. The Morgan fingerprint density at radius 1 is 1.04 bits per heavy atom. The molecule has 128 valence electrons. The number of rotatable bonds is 3. The number of halogens is 3. The fourth-order valence-corrected chi connectivity index (χ4v) is 3.07. The molecule has 25 heavy (non-hydrogen) atoms. The number of benzene rings is 1. The molecule has 0 amide bonds. The van der Waals surface area contributed by atoms with E-state index in [4.69, 9.17) is 13.9 Å². The van der Waals surface area contributed by atoms with Crippen LogP contribution in [-0.4, -0.2) is 28.9 Å². The predicted molar refractivity (Wildman–Crippen MR) is 79.6 cm³/mol. The number of alkyl halides is 3. The number of carbonyl (C=O) groups excluding carboxylic acids is 1. The Labute approximate surface area is 141 Å². The van der Waals surface area contributed by atoms with Gasteiger partial charge in [-0.05, 0) is 30.3 Å². The first-order valence-corrected chi connectivity index (χ1v) is 7.69. The number of aromatic nitrogens is 2. The highest BCUT2D eigenvalue weighted by Crippen LogP contribution is 2.37. The molecule has 0 saturated heterocycles. The smallest absolute Gasteiger partial charge is 0.454 e. The van der Waals surface area contributed by atoms with Crippen molar-refractivity contribution in [2.75, 3.05) is 6.79 Å². The molecular formula is C15H7F3N2O4S. The Morgan fingerprint density at radius 2 is 1.80 bits per heavy atom. The second-order valence-corrected chi connectivity index (χ2v) is 6.05. The Bertz CT molecular complexity index is 964. The number of hydrogen-bond donors (Lipinski definition) is 0. The third-order valence-electron chi connectivity index (χ3n) is 3.34. The van der Waals surface area contributed by atoms with E-state index >= 15 is 0 Å². The van der Waals surface area contributed by atoms with Crippen molar-refractivity contribution >= 4 is 17.1 Å². The van der Waals surface area contributed by atoms with E-state index in [1.165, 1.54) is 6.07 Å². The first kappa shape index (κ1) is 15.6. The highest BCUT2D eigenvalue weighted by molar-refractivity contribution is 7.17. The molecule has 3 aromatic rings. The first-order chi connectivity index (χ1) is 11.9. The average Bonchev–Trinajstić information content (AvgIpc) is 3.30. The van der Waals surface area contributed by atoms with Gasteiger partial charge < -0.3 is 13.9 Å². The van der Waals surface area contributed by atoms with E-state index in [1.807, 2.05) is 0 Å². The number of hydrogen-bond acceptors (Lipinski definition) is 7. The predicted octanol–water partition coefficient (Wildman–Crippen LogP) is 3.94. The summed E-state index contributed by atoms with van der Waals surface area (Å²) in [6, 6.07) is 7.46. The zero-order valence-corrected chi connectivity index (χ0v) is 13.0. The summed E-state index contributed by atoms with van der Waals surface area (Å²) < 4.78 is 53.4. The number of Topliss-reactive ketones (excluding diaryl/α,β-unsaturated/α-hetero) is 1. The third-order valence-corrected chi connectivity index (χ3v) is 4.41. The normalized spacial score (nSPS) is 13.2. The lowest BCUT2D eigenvalue weighted by Gasteiger charge is -2.01. The van der Waals surface area contributed by atoms with E-state index in [9.17, 15) is 18.0 Å². The van der Waals surface area contributed by atoms with Gasteiger partial charge in [-0.2, -0.15) is 13.2 Å². The van der Waals surface area contributed by atoms with Gasteiger partial charge in [0.1, 0.15) is 0 Å². The van der Waals surface area contributed by atoms with Crippen molar-refractivity contribution in [2.24, 2.45) is 0 Å². The van der Waals surface area contributed by atoms with Crippen molar-refractivity contribution in [3.63, 3.8) is 0 Å². The zero-order chi connectivity index (χ0) is 17.6. The Hall–Kier alpha value is -2.88. The molecule has 0 unspecified atom stereocenters. The Kier molecular flexibility index (Phi) is 3.49. The molecule has 1 aliphatic rings. The maximum absolute atomic E-state index is 12.5. The maximum Gasteiger partial charge on any atom is 0.455 e. The van der Waals surface area contributed by atoms with Gasteiger partial charge in [0.15, 0.2) is 11.5 Å². The molecule has 4 rings (SSSR count). The topological polar surface area (TPSA) is 74.5 Å². The van der Waals surface area contributed by atoms with Crippen LogP contribution in [-0.2, 0) is 0 Å². The summed E-state index contributed by atoms with van der Waals surface area (Å²) >= 11 is 0.639. The van der Waals surface area contributed by atoms with Gasteiger partial charge >= 0.3 is 6.18 Å². The number of fused-ring (bicyclic) bond motifs is 1. The van der Waals surface area contributed by atoms with Crippen molar-refractivity contribution in [3.8, 4) is 33.7 Å². The van der Waals surface area contributed by atoms with Gasteiger partial charge in [-0.15, -0.1) is 21.5 Å². The standard InChI is InChI=1S/C15H7F3N2O4S/c16-15(17,18)12(21)10-3-4-11(25-10)14-20-19-13(24-14)7-1-2-8-9(5-7)23-6-22-8/h1-5H,6H2. The van der Waals surface area contributed by atoms with Gasteiger partial charge in [-0.1, -0.05) is 0 Å². The van der Waals surface area contributed by atoms with Gasteiger partial charge in [0, 0.05) is 5.56 Å². The minimum atomic E-state index is -4.92. The van der Waals surface area contributed by atoms with Gasteiger partial charge in [0.05, 0.1) is 9.75 Å². The molecule has 3 heterocycles. The molecule has 0 aliphatic carbocycles. The summed E-state index contributed by atoms with van der Waals surface area (Å²) in [5.74, 6) is -0.577. The van der Waals surface area contributed by atoms with Crippen LogP contribution in [0.4, 0.5) is 13.2 Å². The largest absolute Gasteiger partial charge is 0.455 e. The van der Waals surface area contributed by atoms with E-state index < -0.39 is 16.8 Å². The fourth-order valence-electron chi connectivity index (χ4n) is 2.18. The van der Waals surface area contributed by atoms with E-state index in [2.05, 4.69) is 10.2 Å². The van der Waals surface area contributed by atoms with Gasteiger partial charge in [0.25, 0.3) is 11.7 Å². The molecule has 0 atom stereocenters. The van der Waals surface area contributed by atoms with Crippen molar-refractivity contribution in [1.29, 1.82) is 0 Å². The minimum absolute atomic E-state index is 0.0268. The number of nitrogens with zero attached hydrogens (tertiary/aromatic N) is 2. The molecule has 0 N–H and O–H groups in total. The van der Waals surface area contributed by atoms with Crippen LogP contribution in [0.15, 0.2) is 34.7 Å². The summed E-state index contributed by atoms with van der Waals surface area (Å²) in [6.45, 7) is 0.124. The number of ketones is 1. The van der Waals surface area contributed by atoms with Crippen LogP contribution < -0.4 is 9.47 Å². The first-order valence-electron chi connectivity index (χ1n) is 6.87. The van der Waals surface area contributed by atoms with Crippen molar-refractivity contribution in [2.45, 2.75) is 6.18 Å². The Balaban J connectivity index is 1.62. The van der Waals surface area contributed by atoms with Crippen molar-refractivity contribution in [1.82, 2.24) is 10.2 Å². The number of ether oxygens (including phenoxy) is 2. The monoisotopic (exact) mass is 368 g/mol. The summed E-state index contributed by atoms with van der Waals surface area (Å²) in [7, 11) is 0. The molecule has 6 nitrogen and oxygen atoms in total. The second kappa shape index (κ2) is 5.59. The van der Waals surface area contributed by atoms with E-state index in [0.717, 1.165) is 6.07 Å². The molecule has 1 aliphatic heterocycles. The maximum atomic E-state index is 12.5. The highest BCUT2D eigenvalue weighted by atomic mass is 32.1. The minimum Gasteiger partial charge on any atom is -0.454 e. The van der Waals surface area contributed by atoms with Gasteiger partial charge in [-0.25, -0.2) is 0 Å². The van der Waals surface area contributed by atoms with E-state index in [-0.39, 0.29) is 23.5 Å². The van der Waals surface area contributed by atoms with Crippen LogP contribution in [0.25, 0.3) is 22.2 Å². The molecule has 1 aromatic carbocycles. The molecule has 0 spiro atoms. The van der Waals surface area contributed by atoms with Crippen LogP contribution in [0.5, 0.6) is 11.5 Å². The number of carbonyl (C=O) groups is 1. The second-order valence-electron chi connectivity index (χ2n) is 4.97. The summed E-state index contributed by atoms with van der Waals surface area (Å²) in [4.78, 5) is 11.1. The van der Waals surface area contributed by atoms with Crippen molar-refractivity contribution < 1.29 is 31.9 Å². The van der Waals surface area contributed by atoms with Crippen LogP contribution in [0.2, 0.25) is 0 Å². The van der Waals surface area contributed by atoms with Crippen LogP contribution >= 0.6 is 11.3 Å². The van der Waals surface area contributed by atoms with Gasteiger partial charge in [0.2, 0.25) is 12.7 Å². The molecule has 0 radical (unpaired) electrons. The SMILES string of the molecule is O=C(c1ccc(-c2nnc(-c3ccc4c(c3)OCO4)o2)s1)C(F)(F)F. The van der Waals surface area contributed by atoms with Gasteiger partial charge in [-0.3, -0.25) is 4.79 Å². The van der Waals surface area contributed by atoms with E-state index in [0.29, 0.717) is 28.4 Å². The molecule has 10 heteroatoms. The molecule has 0 fully saturated rings. The number of thiophene rings is 1. The van der Waals surface area contributed by atoms with Crippen LogP contribution in [0.3, 0.4) is 0 Å². The third kappa shape index (κ3) is 2.84. The lowest BCUT2D eigenvalue weighted by atomic mass is 10.2. The van der Waals surface area contributed by atoms with Crippen LogP contribution in [0, 0.1) is 0 Å². The molecule has 0 bridgehead atoms. The fraction of sp³-hybridized carbons (Fsp3) is 0.133. The zero-order valence-electron chi connectivity index (χ0n) is 12.2. The molecular weight excluding hydrogens is 361 g/mol. The van der Waals surface area contributed by atoms with Crippen molar-refractivity contribution in [3.05, 3.63) is 35.2 Å². The Morgan fingerprint density at radius 3 is 2.60 bits per heavy atom. The van der Waals surface area contributed by atoms with Crippen LogP contribution in [0.1, 0.15) is 9.67 Å².